The normalized spacial score (nSPS) is 10.5. The molecule has 0 atom stereocenters. The van der Waals surface area contributed by atoms with Crippen LogP contribution in [-0.2, 0) is 6.42 Å². The number of phenolic OH excluding ortho intramolecular Hbond substituents is 1. The molecule has 0 unspecified atom stereocenters. The predicted molar refractivity (Wildman–Crippen MR) is 61.3 cm³/mol. The third kappa shape index (κ3) is 2.33. The SMILES string of the molecule is CCc1cc(=O)[nH]c(-c2ccc(O)c(F)c2)n1. The van der Waals surface area contributed by atoms with Crippen LogP contribution in [-0.4, -0.2) is 15.1 Å². The molecule has 0 aliphatic rings. The van der Waals surface area contributed by atoms with Crippen molar-refractivity contribution in [2.24, 2.45) is 0 Å². The molecule has 0 bridgehead atoms. The number of hydrogen-bond donors (Lipinski definition) is 2. The molecule has 0 amide bonds. The fraction of sp³-hybridized carbons (Fsp3) is 0.167. The van der Waals surface area contributed by atoms with Crippen LogP contribution in [0, 0.1) is 5.82 Å². The molecule has 0 saturated carbocycles. The van der Waals surface area contributed by atoms with Gasteiger partial charge in [-0.3, -0.25) is 4.79 Å². The first-order valence-corrected chi connectivity index (χ1v) is 5.19. The number of halogens is 1. The molecule has 0 aliphatic heterocycles. The van der Waals surface area contributed by atoms with Crippen molar-refractivity contribution in [2.45, 2.75) is 13.3 Å². The van der Waals surface area contributed by atoms with Crippen LogP contribution < -0.4 is 5.56 Å². The zero-order valence-electron chi connectivity index (χ0n) is 9.20. The van der Waals surface area contributed by atoms with Crippen LogP contribution in [0.4, 0.5) is 4.39 Å². The largest absolute Gasteiger partial charge is 0.505 e. The van der Waals surface area contributed by atoms with E-state index < -0.39 is 11.6 Å². The van der Waals surface area contributed by atoms with E-state index in [1.807, 2.05) is 6.92 Å². The lowest BCUT2D eigenvalue weighted by Crippen LogP contribution is -2.09. The van der Waals surface area contributed by atoms with E-state index in [2.05, 4.69) is 9.97 Å². The van der Waals surface area contributed by atoms with Crippen LogP contribution in [0.25, 0.3) is 11.4 Å². The standard InChI is InChI=1S/C12H11FN2O2/c1-2-8-6-11(17)15-12(14-8)7-3-4-10(16)9(13)5-7/h3-6,16H,2H2,1H3,(H,14,15,17). The summed E-state index contributed by atoms with van der Waals surface area (Å²) in [6.07, 6.45) is 0.623. The lowest BCUT2D eigenvalue weighted by molar-refractivity contribution is 0.432. The number of nitrogens with one attached hydrogen (secondary N) is 1. The maximum absolute atomic E-state index is 13.2. The number of H-pyrrole nitrogens is 1. The summed E-state index contributed by atoms with van der Waals surface area (Å²) in [6, 6.07) is 5.26. The monoisotopic (exact) mass is 234 g/mol. The van der Waals surface area contributed by atoms with Gasteiger partial charge in [-0.2, -0.15) is 0 Å². The van der Waals surface area contributed by atoms with Crippen molar-refractivity contribution in [1.29, 1.82) is 0 Å². The van der Waals surface area contributed by atoms with E-state index in [4.69, 9.17) is 5.11 Å². The van der Waals surface area contributed by atoms with Crippen molar-refractivity contribution in [1.82, 2.24) is 9.97 Å². The first-order chi connectivity index (χ1) is 8.10. The number of aryl methyl sites for hydroxylation is 1. The second-order valence-corrected chi connectivity index (χ2v) is 3.61. The Labute approximate surface area is 96.8 Å². The van der Waals surface area contributed by atoms with Crippen molar-refractivity contribution >= 4 is 0 Å². The Balaban J connectivity index is 2.55. The average Bonchev–Trinajstić information content (AvgIpc) is 2.32. The summed E-state index contributed by atoms with van der Waals surface area (Å²) in [5, 5.41) is 9.08. The number of phenols is 1. The fourth-order valence-corrected chi connectivity index (χ4v) is 1.48. The maximum Gasteiger partial charge on any atom is 0.251 e. The Hall–Kier alpha value is -2.17. The number of aromatic amines is 1. The van der Waals surface area contributed by atoms with E-state index >= 15 is 0 Å². The summed E-state index contributed by atoms with van der Waals surface area (Å²) in [5.74, 6) is -0.872. The summed E-state index contributed by atoms with van der Waals surface area (Å²) in [4.78, 5) is 18.1. The van der Waals surface area contributed by atoms with Crippen LogP contribution >= 0.6 is 0 Å². The van der Waals surface area contributed by atoms with Crippen LogP contribution in [0.3, 0.4) is 0 Å². The minimum absolute atomic E-state index is 0.277. The van der Waals surface area contributed by atoms with E-state index in [-0.39, 0.29) is 5.56 Å². The van der Waals surface area contributed by atoms with Gasteiger partial charge in [0.25, 0.3) is 5.56 Å². The number of hydrogen-bond acceptors (Lipinski definition) is 3. The maximum atomic E-state index is 13.2. The van der Waals surface area contributed by atoms with Gasteiger partial charge in [-0.05, 0) is 24.6 Å². The third-order valence-electron chi connectivity index (χ3n) is 2.38. The number of aromatic hydroxyl groups is 1. The van der Waals surface area contributed by atoms with E-state index in [1.165, 1.54) is 18.2 Å². The quantitative estimate of drug-likeness (QED) is 0.833. The summed E-state index contributed by atoms with van der Waals surface area (Å²) in [6.45, 7) is 1.88. The molecule has 0 spiro atoms. The summed E-state index contributed by atoms with van der Waals surface area (Å²) in [7, 11) is 0. The molecule has 0 aliphatic carbocycles. The summed E-state index contributed by atoms with van der Waals surface area (Å²) < 4.78 is 13.2. The van der Waals surface area contributed by atoms with E-state index in [0.29, 0.717) is 23.5 Å². The molecular formula is C12H11FN2O2. The van der Waals surface area contributed by atoms with Crippen LogP contribution in [0.15, 0.2) is 29.1 Å². The van der Waals surface area contributed by atoms with Crippen molar-refractivity contribution < 1.29 is 9.50 Å². The zero-order chi connectivity index (χ0) is 12.4. The molecule has 5 heteroatoms. The van der Waals surface area contributed by atoms with Gasteiger partial charge in [0.2, 0.25) is 0 Å². The lowest BCUT2D eigenvalue weighted by atomic mass is 10.2. The Kier molecular flexibility index (Phi) is 2.91. The smallest absolute Gasteiger partial charge is 0.251 e. The fourth-order valence-electron chi connectivity index (χ4n) is 1.48. The number of nitrogens with zero attached hydrogens (tertiary/aromatic N) is 1. The van der Waals surface area contributed by atoms with Gasteiger partial charge in [-0.1, -0.05) is 6.92 Å². The van der Waals surface area contributed by atoms with Crippen molar-refractivity contribution in [3.8, 4) is 17.1 Å². The topological polar surface area (TPSA) is 66.0 Å². The molecule has 1 aromatic carbocycles. The highest BCUT2D eigenvalue weighted by atomic mass is 19.1. The van der Waals surface area contributed by atoms with Crippen LogP contribution in [0.2, 0.25) is 0 Å². The van der Waals surface area contributed by atoms with Gasteiger partial charge in [0, 0.05) is 17.3 Å². The second kappa shape index (κ2) is 4.37. The molecule has 88 valence electrons. The second-order valence-electron chi connectivity index (χ2n) is 3.61. The number of rotatable bonds is 2. The summed E-state index contributed by atoms with van der Waals surface area (Å²) >= 11 is 0. The lowest BCUT2D eigenvalue weighted by Gasteiger charge is -2.03. The molecule has 2 aromatic rings. The van der Waals surface area contributed by atoms with Crippen molar-refractivity contribution in [2.75, 3.05) is 0 Å². The number of benzene rings is 1. The zero-order valence-corrected chi connectivity index (χ0v) is 9.20. The first kappa shape index (κ1) is 11.3. The van der Waals surface area contributed by atoms with Gasteiger partial charge in [-0.15, -0.1) is 0 Å². The van der Waals surface area contributed by atoms with Gasteiger partial charge >= 0.3 is 0 Å². The molecule has 1 heterocycles. The summed E-state index contributed by atoms with van der Waals surface area (Å²) in [5.41, 5.74) is 0.783. The minimum atomic E-state index is -0.743. The molecule has 2 N–H and O–H groups in total. The molecule has 0 saturated heterocycles. The molecule has 1 aromatic heterocycles. The van der Waals surface area contributed by atoms with Crippen molar-refractivity contribution in [3.63, 3.8) is 0 Å². The van der Waals surface area contributed by atoms with E-state index in [0.717, 1.165) is 6.07 Å². The van der Waals surface area contributed by atoms with Crippen LogP contribution in [0.5, 0.6) is 5.75 Å². The molecule has 0 fully saturated rings. The number of aromatic nitrogens is 2. The van der Waals surface area contributed by atoms with E-state index in [9.17, 15) is 9.18 Å². The molecule has 2 rings (SSSR count). The average molecular weight is 234 g/mol. The highest BCUT2D eigenvalue weighted by molar-refractivity contribution is 5.56. The highest BCUT2D eigenvalue weighted by Crippen LogP contribution is 2.21. The Morgan fingerprint density at radius 1 is 1.41 bits per heavy atom. The Bertz CT molecular complexity index is 608. The van der Waals surface area contributed by atoms with E-state index in [1.54, 1.807) is 0 Å². The third-order valence-corrected chi connectivity index (χ3v) is 2.38. The first-order valence-electron chi connectivity index (χ1n) is 5.19. The van der Waals surface area contributed by atoms with Gasteiger partial charge in [0.05, 0.1) is 0 Å². The molecular weight excluding hydrogens is 223 g/mol. The minimum Gasteiger partial charge on any atom is -0.505 e. The van der Waals surface area contributed by atoms with Gasteiger partial charge < -0.3 is 10.1 Å². The Morgan fingerprint density at radius 3 is 2.82 bits per heavy atom. The Morgan fingerprint density at radius 2 is 2.18 bits per heavy atom. The molecule has 17 heavy (non-hydrogen) atoms. The van der Waals surface area contributed by atoms with Gasteiger partial charge in [0.1, 0.15) is 5.82 Å². The predicted octanol–water partition coefficient (Wildman–Crippen LogP) is 1.84. The highest BCUT2D eigenvalue weighted by Gasteiger charge is 2.06. The van der Waals surface area contributed by atoms with Gasteiger partial charge in [0.15, 0.2) is 11.6 Å². The molecule has 0 radical (unpaired) electrons. The van der Waals surface area contributed by atoms with Gasteiger partial charge in [-0.25, -0.2) is 9.37 Å². The molecule has 4 nitrogen and oxygen atoms in total. The van der Waals surface area contributed by atoms with Crippen molar-refractivity contribution in [3.05, 3.63) is 46.1 Å². The van der Waals surface area contributed by atoms with Crippen LogP contribution in [0.1, 0.15) is 12.6 Å².